The molecule has 0 saturated carbocycles. The van der Waals surface area contributed by atoms with Crippen LogP contribution in [-0.4, -0.2) is 48.1 Å². The van der Waals surface area contributed by atoms with Crippen LogP contribution >= 0.6 is 0 Å². The Morgan fingerprint density at radius 1 is 1.24 bits per heavy atom. The highest BCUT2D eigenvalue weighted by Gasteiger charge is 2.24. The van der Waals surface area contributed by atoms with E-state index in [9.17, 15) is 0 Å². The summed E-state index contributed by atoms with van der Waals surface area (Å²) in [5, 5.41) is 0. The third-order valence-corrected chi connectivity index (χ3v) is 4.57. The first-order valence-corrected chi connectivity index (χ1v) is 8.42. The molecule has 0 amide bonds. The Morgan fingerprint density at radius 3 is 2.67 bits per heavy atom. The summed E-state index contributed by atoms with van der Waals surface area (Å²) in [6.07, 6.45) is 4.01. The van der Waals surface area contributed by atoms with E-state index in [4.69, 9.17) is 5.73 Å². The number of nitrogens with zero attached hydrogens (tertiary/aromatic N) is 2. The van der Waals surface area contributed by atoms with Crippen LogP contribution in [0.25, 0.3) is 0 Å². The molecule has 1 aliphatic heterocycles. The lowest BCUT2D eigenvalue weighted by Gasteiger charge is -2.40. The van der Waals surface area contributed by atoms with Crippen molar-refractivity contribution in [2.24, 2.45) is 5.73 Å². The summed E-state index contributed by atoms with van der Waals surface area (Å²) >= 11 is 0. The normalized spacial score (nSPS) is 20.3. The van der Waals surface area contributed by atoms with Crippen LogP contribution in [0.3, 0.4) is 0 Å². The van der Waals surface area contributed by atoms with E-state index < -0.39 is 0 Å². The van der Waals surface area contributed by atoms with Gasteiger partial charge >= 0.3 is 0 Å². The maximum absolute atomic E-state index is 5.78. The lowest BCUT2D eigenvalue weighted by atomic mass is 10.0. The fourth-order valence-corrected chi connectivity index (χ4v) is 3.27. The largest absolute Gasteiger partial charge is 0.329 e. The molecule has 21 heavy (non-hydrogen) atoms. The molecular formula is C18H31N3. The minimum Gasteiger partial charge on any atom is -0.329 e. The van der Waals surface area contributed by atoms with Crippen LogP contribution in [0.1, 0.15) is 38.7 Å². The first-order chi connectivity index (χ1) is 10.2. The molecule has 0 aromatic heterocycles. The standard InChI is InChI=1S/C18H31N3/c1-16(2)21(14-17-8-4-3-5-9-17)15-18-10-6-7-12-20(18)13-11-19/h3-5,8-9,16,18H,6-7,10-15,19H2,1-2H3/t18-/m1/s1. The number of benzene rings is 1. The molecule has 1 aromatic rings. The summed E-state index contributed by atoms with van der Waals surface area (Å²) in [5.74, 6) is 0. The van der Waals surface area contributed by atoms with Gasteiger partial charge in [-0.15, -0.1) is 0 Å². The van der Waals surface area contributed by atoms with Gasteiger partial charge in [0.2, 0.25) is 0 Å². The predicted octanol–water partition coefficient (Wildman–Crippen LogP) is 2.71. The number of hydrogen-bond acceptors (Lipinski definition) is 3. The molecule has 1 aromatic carbocycles. The summed E-state index contributed by atoms with van der Waals surface area (Å²) in [7, 11) is 0. The maximum Gasteiger partial charge on any atom is 0.0237 e. The zero-order chi connectivity index (χ0) is 15.1. The average molecular weight is 289 g/mol. The van der Waals surface area contributed by atoms with E-state index in [0.717, 1.165) is 26.2 Å². The zero-order valence-corrected chi connectivity index (χ0v) is 13.7. The highest BCUT2D eigenvalue weighted by Crippen LogP contribution is 2.19. The van der Waals surface area contributed by atoms with Crippen LogP contribution in [0.15, 0.2) is 30.3 Å². The van der Waals surface area contributed by atoms with E-state index in [1.165, 1.54) is 31.4 Å². The minimum absolute atomic E-state index is 0.576. The topological polar surface area (TPSA) is 32.5 Å². The third-order valence-electron chi connectivity index (χ3n) is 4.57. The van der Waals surface area contributed by atoms with Gasteiger partial charge in [-0.1, -0.05) is 36.8 Å². The van der Waals surface area contributed by atoms with Gasteiger partial charge in [-0.25, -0.2) is 0 Å². The smallest absolute Gasteiger partial charge is 0.0237 e. The summed E-state index contributed by atoms with van der Waals surface area (Å²) < 4.78 is 0. The highest BCUT2D eigenvalue weighted by atomic mass is 15.2. The SMILES string of the molecule is CC(C)N(Cc1ccccc1)C[C@H]1CCCCN1CCN. The molecule has 1 aliphatic rings. The molecular weight excluding hydrogens is 258 g/mol. The van der Waals surface area contributed by atoms with Gasteiger partial charge in [0.05, 0.1) is 0 Å². The summed E-state index contributed by atoms with van der Waals surface area (Å²) in [5.41, 5.74) is 7.19. The highest BCUT2D eigenvalue weighted by molar-refractivity contribution is 5.14. The third kappa shape index (κ3) is 5.10. The van der Waals surface area contributed by atoms with E-state index >= 15 is 0 Å². The molecule has 0 radical (unpaired) electrons. The molecule has 0 bridgehead atoms. The van der Waals surface area contributed by atoms with E-state index in [1.807, 2.05) is 0 Å². The van der Waals surface area contributed by atoms with Gasteiger partial charge < -0.3 is 5.73 Å². The van der Waals surface area contributed by atoms with Crippen molar-refractivity contribution < 1.29 is 0 Å². The van der Waals surface area contributed by atoms with Gasteiger partial charge in [0.1, 0.15) is 0 Å². The molecule has 1 atom stereocenters. The second-order valence-corrected chi connectivity index (χ2v) is 6.48. The van der Waals surface area contributed by atoms with Crippen molar-refractivity contribution in [1.82, 2.24) is 9.80 Å². The first-order valence-electron chi connectivity index (χ1n) is 8.42. The number of hydrogen-bond donors (Lipinski definition) is 1. The van der Waals surface area contributed by atoms with Gasteiger partial charge in [-0.05, 0) is 38.8 Å². The van der Waals surface area contributed by atoms with Crippen LogP contribution in [0, 0.1) is 0 Å². The molecule has 1 fully saturated rings. The lowest BCUT2D eigenvalue weighted by molar-refractivity contribution is 0.0893. The van der Waals surface area contributed by atoms with Crippen molar-refractivity contribution in [3.63, 3.8) is 0 Å². The van der Waals surface area contributed by atoms with Gasteiger partial charge in [0, 0.05) is 38.3 Å². The number of rotatable bonds is 7. The Bertz CT molecular complexity index is 389. The van der Waals surface area contributed by atoms with E-state index in [1.54, 1.807) is 0 Å². The van der Waals surface area contributed by atoms with Crippen molar-refractivity contribution in [2.45, 2.75) is 51.7 Å². The van der Waals surface area contributed by atoms with Crippen LogP contribution in [-0.2, 0) is 6.54 Å². The molecule has 0 spiro atoms. The molecule has 2 N–H and O–H groups in total. The van der Waals surface area contributed by atoms with Crippen molar-refractivity contribution in [2.75, 3.05) is 26.2 Å². The van der Waals surface area contributed by atoms with Crippen LogP contribution in [0.2, 0.25) is 0 Å². The van der Waals surface area contributed by atoms with E-state index in [0.29, 0.717) is 12.1 Å². The predicted molar refractivity (Wildman–Crippen MR) is 90.3 cm³/mol. The van der Waals surface area contributed by atoms with Crippen LogP contribution in [0.4, 0.5) is 0 Å². The zero-order valence-electron chi connectivity index (χ0n) is 13.7. The number of piperidine rings is 1. The maximum atomic E-state index is 5.78. The van der Waals surface area contributed by atoms with Crippen molar-refractivity contribution in [3.05, 3.63) is 35.9 Å². The Morgan fingerprint density at radius 2 is 2.00 bits per heavy atom. The van der Waals surface area contributed by atoms with E-state index in [2.05, 4.69) is 54.0 Å². The second-order valence-electron chi connectivity index (χ2n) is 6.48. The van der Waals surface area contributed by atoms with Crippen molar-refractivity contribution >= 4 is 0 Å². The Kier molecular flexibility index (Phi) is 6.68. The molecule has 3 nitrogen and oxygen atoms in total. The molecule has 1 heterocycles. The Hall–Kier alpha value is -0.900. The molecule has 1 saturated heterocycles. The van der Waals surface area contributed by atoms with Crippen molar-refractivity contribution in [1.29, 1.82) is 0 Å². The monoisotopic (exact) mass is 289 g/mol. The molecule has 0 aliphatic carbocycles. The Labute approximate surface area is 130 Å². The summed E-state index contributed by atoms with van der Waals surface area (Å²) in [6, 6.07) is 12.1. The fourth-order valence-electron chi connectivity index (χ4n) is 3.27. The molecule has 118 valence electrons. The molecule has 3 heteroatoms. The average Bonchev–Trinajstić information content (AvgIpc) is 2.49. The quantitative estimate of drug-likeness (QED) is 0.837. The summed E-state index contributed by atoms with van der Waals surface area (Å²) in [4.78, 5) is 5.21. The molecule has 2 rings (SSSR count). The number of likely N-dealkylation sites (tertiary alicyclic amines) is 1. The van der Waals surface area contributed by atoms with Gasteiger partial charge in [-0.2, -0.15) is 0 Å². The minimum atomic E-state index is 0.576. The van der Waals surface area contributed by atoms with Crippen molar-refractivity contribution in [3.8, 4) is 0 Å². The summed E-state index contributed by atoms with van der Waals surface area (Å²) in [6.45, 7) is 9.86. The second kappa shape index (κ2) is 8.52. The number of nitrogens with two attached hydrogens (primary N) is 1. The lowest BCUT2D eigenvalue weighted by Crippen LogP contribution is -2.49. The van der Waals surface area contributed by atoms with Gasteiger partial charge in [-0.3, -0.25) is 9.80 Å². The van der Waals surface area contributed by atoms with Gasteiger partial charge in [0.25, 0.3) is 0 Å². The van der Waals surface area contributed by atoms with Gasteiger partial charge in [0.15, 0.2) is 0 Å². The van der Waals surface area contributed by atoms with Crippen LogP contribution < -0.4 is 5.73 Å². The molecule has 0 unspecified atom stereocenters. The van der Waals surface area contributed by atoms with E-state index in [-0.39, 0.29) is 0 Å². The fraction of sp³-hybridized carbons (Fsp3) is 0.667. The Balaban J connectivity index is 1.97. The van der Waals surface area contributed by atoms with Crippen LogP contribution in [0.5, 0.6) is 0 Å². The first kappa shape index (κ1) is 16.5.